The Morgan fingerprint density at radius 3 is 2.21 bits per heavy atom. The van der Waals surface area contributed by atoms with Gasteiger partial charge in [0, 0.05) is 11.0 Å². The van der Waals surface area contributed by atoms with Crippen molar-refractivity contribution in [2.24, 2.45) is 0 Å². The highest BCUT2D eigenvalue weighted by Crippen LogP contribution is 2.43. The van der Waals surface area contributed by atoms with E-state index in [4.69, 9.17) is 23.2 Å². The van der Waals surface area contributed by atoms with E-state index in [1.165, 1.54) is 12.1 Å². The van der Waals surface area contributed by atoms with E-state index in [1.807, 2.05) is 0 Å². The minimum Gasteiger partial charge on any atom is -0.278 e. The summed E-state index contributed by atoms with van der Waals surface area (Å²) >= 11 is 16.2. The van der Waals surface area contributed by atoms with E-state index in [2.05, 4.69) is 12.6 Å². The number of benzene rings is 2. The van der Waals surface area contributed by atoms with Crippen molar-refractivity contribution in [3.8, 4) is 0 Å². The molecule has 0 aliphatic rings. The largest absolute Gasteiger partial charge is 0.300 e. The number of hydrogen-bond acceptors (Lipinski definition) is 6. The molecule has 2 aromatic carbocycles. The van der Waals surface area contributed by atoms with E-state index >= 15 is 0 Å². The Morgan fingerprint density at radius 2 is 1.67 bits per heavy atom. The third-order valence-electron chi connectivity index (χ3n) is 3.03. The summed E-state index contributed by atoms with van der Waals surface area (Å²) in [5, 5.41) is 22.3. The molecule has 0 N–H and O–H groups in total. The van der Waals surface area contributed by atoms with Crippen LogP contribution in [0.4, 0.5) is 22.7 Å². The van der Waals surface area contributed by atoms with Gasteiger partial charge in [0.05, 0.1) is 31.6 Å². The molecule has 1 amide bonds. The van der Waals surface area contributed by atoms with Crippen LogP contribution in [-0.4, -0.2) is 16.3 Å². The number of rotatable bonds is 5. The summed E-state index contributed by atoms with van der Waals surface area (Å²) in [5.41, 5.74) is -1.31. The predicted octanol–water partition coefficient (Wildman–Crippen LogP) is 4.39. The third kappa shape index (κ3) is 3.28. The summed E-state index contributed by atoms with van der Waals surface area (Å²) in [7, 11) is 0. The standard InChI is InChI=1S/C13H7Cl2N3O5S/c14-8-2-3-9(15)13(24)12(8)16(6-19)10-4-1-7(17(20)21)5-11(10)18(22)23/h1-6,24H. The van der Waals surface area contributed by atoms with Gasteiger partial charge < -0.3 is 0 Å². The predicted molar refractivity (Wildman–Crippen MR) is 91.7 cm³/mol. The molecule has 8 nitrogen and oxygen atoms in total. The molecule has 0 unspecified atom stereocenters. The molecule has 0 radical (unpaired) electrons. The number of nitro benzene ring substituents is 2. The molecule has 0 saturated heterocycles. The molecule has 0 spiro atoms. The molecular weight excluding hydrogens is 381 g/mol. The van der Waals surface area contributed by atoms with E-state index in [-0.39, 0.29) is 32.7 Å². The maximum atomic E-state index is 11.5. The number of carbonyl (C=O) groups is 1. The van der Waals surface area contributed by atoms with Gasteiger partial charge in [0.25, 0.3) is 11.4 Å². The Kier molecular flexibility index (Phi) is 5.27. The minimum atomic E-state index is -0.838. The third-order valence-corrected chi connectivity index (χ3v) is 4.23. The SMILES string of the molecule is O=CN(c1ccc([N+](=O)[O-])cc1[N+](=O)[O-])c1c(Cl)ccc(Cl)c1S. The van der Waals surface area contributed by atoms with Crippen molar-refractivity contribution < 1.29 is 14.6 Å². The van der Waals surface area contributed by atoms with E-state index in [0.717, 1.165) is 23.1 Å². The van der Waals surface area contributed by atoms with Gasteiger partial charge in [0.1, 0.15) is 5.69 Å². The highest BCUT2D eigenvalue weighted by molar-refractivity contribution is 7.80. The van der Waals surface area contributed by atoms with Crippen LogP contribution in [-0.2, 0) is 4.79 Å². The maximum absolute atomic E-state index is 11.5. The van der Waals surface area contributed by atoms with Crippen LogP contribution in [0.5, 0.6) is 0 Å². The van der Waals surface area contributed by atoms with Gasteiger partial charge >= 0.3 is 0 Å². The van der Waals surface area contributed by atoms with Crippen LogP contribution < -0.4 is 4.90 Å². The van der Waals surface area contributed by atoms with Crippen molar-refractivity contribution in [3.63, 3.8) is 0 Å². The average molecular weight is 388 g/mol. The fourth-order valence-electron chi connectivity index (χ4n) is 1.96. The molecule has 0 saturated carbocycles. The lowest BCUT2D eigenvalue weighted by Gasteiger charge is -2.21. The smallest absolute Gasteiger partial charge is 0.278 e. The number of non-ortho nitro benzene ring substituents is 1. The summed E-state index contributed by atoms with van der Waals surface area (Å²) in [6, 6.07) is 5.71. The molecule has 0 bridgehead atoms. The zero-order valence-corrected chi connectivity index (χ0v) is 14.0. The topological polar surface area (TPSA) is 107 Å². The number of nitro groups is 2. The van der Waals surface area contributed by atoms with Crippen molar-refractivity contribution in [1.82, 2.24) is 0 Å². The zero-order valence-electron chi connectivity index (χ0n) is 11.6. The second-order valence-corrected chi connectivity index (χ2v) is 5.65. The van der Waals surface area contributed by atoms with E-state index < -0.39 is 21.2 Å². The summed E-state index contributed by atoms with van der Waals surface area (Å²) < 4.78 is 0. The fraction of sp³-hybridized carbons (Fsp3) is 0. The molecule has 24 heavy (non-hydrogen) atoms. The Hall–Kier alpha value is -2.36. The van der Waals surface area contributed by atoms with Gasteiger partial charge in [-0.3, -0.25) is 29.9 Å². The van der Waals surface area contributed by atoms with Gasteiger partial charge in [0.15, 0.2) is 0 Å². The van der Waals surface area contributed by atoms with Crippen molar-refractivity contribution in [1.29, 1.82) is 0 Å². The monoisotopic (exact) mass is 387 g/mol. The number of carbonyl (C=O) groups excluding carboxylic acids is 1. The van der Waals surface area contributed by atoms with Crippen molar-refractivity contribution in [2.45, 2.75) is 4.90 Å². The molecule has 0 atom stereocenters. The van der Waals surface area contributed by atoms with Crippen LogP contribution in [0.25, 0.3) is 0 Å². The van der Waals surface area contributed by atoms with Crippen molar-refractivity contribution >= 4 is 65.0 Å². The lowest BCUT2D eigenvalue weighted by molar-refractivity contribution is -0.393. The Morgan fingerprint density at radius 1 is 1.04 bits per heavy atom. The number of anilines is 2. The molecule has 0 aromatic heterocycles. The van der Waals surface area contributed by atoms with E-state index in [0.29, 0.717) is 0 Å². The maximum Gasteiger partial charge on any atom is 0.300 e. The molecule has 0 aliphatic heterocycles. The number of hydrogen-bond donors (Lipinski definition) is 1. The minimum absolute atomic E-state index is 0.0273. The lowest BCUT2D eigenvalue weighted by atomic mass is 10.2. The van der Waals surface area contributed by atoms with E-state index in [9.17, 15) is 25.0 Å². The summed E-state index contributed by atoms with van der Waals surface area (Å²) in [5.74, 6) is 0. The number of amides is 1. The molecule has 0 aliphatic carbocycles. The molecular formula is C13H7Cl2N3O5S. The molecule has 2 rings (SSSR count). The van der Waals surface area contributed by atoms with Crippen LogP contribution >= 0.6 is 35.8 Å². The fourth-order valence-corrected chi connectivity index (χ4v) is 2.73. The van der Waals surface area contributed by atoms with Gasteiger partial charge in [-0.1, -0.05) is 23.2 Å². The molecule has 2 aromatic rings. The Bertz CT molecular complexity index is 862. The first kappa shape index (κ1) is 18.0. The van der Waals surface area contributed by atoms with Gasteiger partial charge in [-0.05, 0) is 18.2 Å². The second kappa shape index (κ2) is 7.04. The summed E-state index contributed by atoms with van der Waals surface area (Å²) in [4.78, 5) is 33.0. The first-order valence-corrected chi connectivity index (χ1v) is 7.32. The Balaban J connectivity index is 2.73. The normalized spacial score (nSPS) is 10.3. The van der Waals surface area contributed by atoms with Gasteiger partial charge in [-0.2, -0.15) is 0 Å². The first-order valence-electron chi connectivity index (χ1n) is 6.12. The Labute approximate surface area is 150 Å². The van der Waals surface area contributed by atoms with Gasteiger partial charge in [0.2, 0.25) is 6.41 Å². The molecule has 0 fully saturated rings. The highest BCUT2D eigenvalue weighted by Gasteiger charge is 2.27. The van der Waals surface area contributed by atoms with Crippen molar-refractivity contribution in [2.75, 3.05) is 4.90 Å². The summed E-state index contributed by atoms with van der Waals surface area (Å²) in [6.45, 7) is 0. The van der Waals surface area contributed by atoms with Crippen LogP contribution in [0.15, 0.2) is 35.2 Å². The highest BCUT2D eigenvalue weighted by atomic mass is 35.5. The van der Waals surface area contributed by atoms with Crippen LogP contribution in [0.1, 0.15) is 0 Å². The second-order valence-electron chi connectivity index (χ2n) is 4.39. The summed E-state index contributed by atoms with van der Waals surface area (Å²) in [6.07, 6.45) is 0.283. The zero-order chi connectivity index (χ0) is 18.0. The van der Waals surface area contributed by atoms with E-state index in [1.54, 1.807) is 0 Å². The van der Waals surface area contributed by atoms with Crippen LogP contribution in [0, 0.1) is 20.2 Å². The lowest BCUT2D eigenvalue weighted by Crippen LogP contribution is -2.17. The number of thiol groups is 1. The molecule has 124 valence electrons. The van der Waals surface area contributed by atoms with Crippen molar-refractivity contribution in [3.05, 3.63) is 60.6 Å². The average Bonchev–Trinajstić information content (AvgIpc) is 2.54. The van der Waals surface area contributed by atoms with Crippen LogP contribution in [0.2, 0.25) is 10.0 Å². The quantitative estimate of drug-likeness (QED) is 0.354. The molecule has 11 heteroatoms. The van der Waals surface area contributed by atoms with Gasteiger partial charge in [-0.25, -0.2) is 0 Å². The first-order chi connectivity index (χ1) is 11.3. The van der Waals surface area contributed by atoms with Gasteiger partial charge in [-0.15, -0.1) is 12.6 Å². The molecule has 0 heterocycles. The van der Waals surface area contributed by atoms with Crippen LogP contribution in [0.3, 0.4) is 0 Å². The number of halogens is 2. The number of nitrogens with zero attached hydrogens (tertiary/aromatic N) is 3.